The summed E-state index contributed by atoms with van der Waals surface area (Å²) in [7, 11) is -8.54. The zero-order chi connectivity index (χ0) is 11.7. The van der Waals surface area contributed by atoms with Crippen molar-refractivity contribution in [3.63, 3.8) is 0 Å². The smallest absolute Gasteiger partial charge is 0.323 e. The number of aryl methyl sites for hydroxylation is 1. The van der Waals surface area contributed by atoms with Crippen LogP contribution in [0.2, 0.25) is 0 Å². The van der Waals surface area contributed by atoms with Crippen LogP contribution >= 0.6 is 18.9 Å². The molecule has 1 heterocycles. The molecule has 9 heteroatoms. The Kier molecular flexibility index (Phi) is 3.70. The van der Waals surface area contributed by atoms with Crippen LogP contribution in [0.1, 0.15) is 4.88 Å². The molecule has 86 valence electrons. The summed E-state index contributed by atoms with van der Waals surface area (Å²) in [4.78, 5) is 17.4. The third-order valence-electron chi connectivity index (χ3n) is 1.46. The summed E-state index contributed by atoms with van der Waals surface area (Å²) in [6.07, 6.45) is -1.13. The van der Waals surface area contributed by atoms with Gasteiger partial charge in [0, 0.05) is 4.88 Å². The summed E-state index contributed by atoms with van der Waals surface area (Å²) in [5, 5.41) is 1.56. The monoisotopic (exact) mass is 272 g/mol. The first kappa shape index (κ1) is 12.8. The summed E-state index contributed by atoms with van der Waals surface area (Å²) >= 11 is 1.21. The second-order valence-corrected chi connectivity index (χ2v) is 7.00. The van der Waals surface area contributed by atoms with Gasteiger partial charge in [-0.2, -0.15) is 8.42 Å². The molecule has 0 radical (unpaired) electrons. The number of hydrogen-bond donors (Lipinski definition) is 2. The maximum Gasteiger partial charge on any atom is 0.352 e. The van der Waals surface area contributed by atoms with Crippen molar-refractivity contribution in [1.82, 2.24) is 0 Å². The normalized spacial score (nSPS) is 13.0. The topological polar surface area (TPSA) is 101 Å². The van der Waals surface area contributed by atoms with Crippen molar-refractivity contribution >= 4 is 29.1 Å². The van der Waals surface area contributed by atoms with Gasteiger partial charge in [-0.1, -0.05) is 0 Å². The molecule has 0 aromatic carbocycles. The van der Waals surface area contributed by atoms with Crippen molar-refractivity contribution in [3.8, 4) is 0 Å². The summed E-state index contributed by atoms with van der Waals surface area (Å²) in [6, 6.07) is 1.33. The Bertz CT molecular complexity index is 483. The predicted molar refractivity (Wildman–Crippen MR) is 54.2 cm³/mol. The van der Waals surface area contributed by atoms with Gasteiger partial charge in [0.2, 0.25) is 0 Å². The molecule has 0 unspecified atom stereocenters. The first-order valence-corrected chi connectivity index (χ1v) is 7.79. The van der Waals surface area contributed by atoms with E-state index >= 15 is 0 Å². The van der Waals surface area contributed by atoms with Crippen LogP contribution in [0.15, 0.2) is 16.3 Å². The van der Waals surface area contributed by atoms with Gasteiger partial charge in [0.15, 0.2) is 6.35 Å². The Labute approximate surface area is 90.8 Å². The van der Waals surface area contributed by atoms with Crippen molar-refractivity contribution in [2.45, 2.75) is 11.8 Å². The number of hydrogen-bond acceptors (Lipinski definition) is 5. The van der Waals surface area contributed by atoms with E-state index in [1.807, 2.05) is 0 Å². The molecule has 0 fully saturated rings. The lowest BCUT2D eigenvalue weighted by Gasteiger charge is -2.05. The quantitative estimate of drug-likeness (QED) is 0.623. The highest BCUT2D eigenvalue weighted by atomic mass is 32.2. The highest BCUT2D eigenvalue weighted by molar-refractivity contribution is 7.87. The molecule has 0 spiro atoms. The van der Waals surface area contributed by atoms with Crippen LogP contribution in [-0.2, 0) is 18.9 Å². The fourth-order valence-electron chi connectivity index (χ4n) is 0.834. The molecule has 1 aromatic rings. The molecule has 0 aliphatic rings. The average Bonchev–Trinajstić information content (AvgIpc) is 2.47. The molecule has 1 rings (SSSR count). The largest absolute Gasteiger partial charge is 0.352 e. The third kappa shape index (κ3) is 3.67. The Balaban J connectivity index is 2.87. The molecule has 2 N–H and O–H groups in total. The lowest BCUT2D eigenvalue weighted by molar-refractivity contribution is 0.301. The Morgan fingerprint density at radius 2 is 2.13 bits per heavy atom. The lowest BCUT2D eigenvalue weighted by atomic mass is 10.5. The molecule has 0 saturated heterocycles. The molecule has 15 heavy (non-hydrogen) atoms. The summed E-state index contributed by atoms with van der Waals surface area (Å²) in [6.45, 7) is 1.58. The zero-order valence-corrected chi connectivity index (χ0v) is 10.2. The second-order valence-electron chi connectivity index (χ2n) is 2.71. The van der Waals surface area contributed by atoms with E-state index < -0.39 is 24.1 Å². The van der Waals surface area contributed by atoms with E-state index in [9.17, 15) is 13.0 Å². The number of thiophene rings is 1. The summed E-state index contributed by atoms with van der Waals surface area (Å²) in [5.74, 6) is 0. The van der Waals surface area contributed by atoms with Crippen LogP contribution in [0.3, 0.4) is 0 Å². The van der Waals surface area contributed by atoms with E-state index in [2.05, 4.69) is 4.18 Å². The molecule has 0 amide bonds. The molecule has 1 aromatic heterocycles. The SMILES string of the molecule is Cc1sccc1S(=O)(=O)OCP(=O)(O)O. The van der Waals surface area contributed by atoms with Crippen molar-refractivity contribution in [1.29, 1.82) is 0 Å². The van der Waals surface area contributed by atoms with Gasteiger partial charge >= 0.3 is 7.60 Å². The van der Waals surface area contributed by atoms with Crippen LogP contribution in [-0.4, -0.2) is 24.6 Å². The third-order valence-corrected chi connectivity index (χ3v) is 4.48. The van der Waals surface area contributed by atoms with Gasteiger partial charge < -0.3 is 9.79 Å². The molecule has 0 bridgehead atoms. The predicted octanol–water partition coefficient (Wildman–Crippen LogP) is 0.897. The Morgan fingerprint density at radius 1 is 1.53 bits per heavy atom. The van der Waals surface area contributed by atoms with E-state index in [4.69, 9.17) is 9.79 Å². The van der Waals surface area contributed by atoms with E-state index in [-0.39, 0.29) is 4.90 Å². The van der Waals surface area contributed by atoms with Crippen LogP contribution < -0.4 is 0 Å². The summed E-state index contributed by atoms with van der Waals surface area (Å²) < 4.78 is 37.5. The second kappa shape index (κ2) is 4.32. The van der Waals surface area contributed by atoms with Crippen LogP contribution in [0.4, 0.5) is 0 Å². The van der Waals surface area contributed by atoms with Gasteiger partial charge in [0.05, 0.1) is 0 Å². The highest BCUT2D eigenvalue weighted by Crippen LogP contribution is 2.35. The fourth-order valence-corrected chi connectivity index (χ4v) is 3.78. The minimum absolute atomic E-state index is 0.0547. The van der Waals surface area contributed by atoms with Gasteiger partial charge in [-0.15, -0.1) is 11.3 Å². The van der Waals surface area contributed by atoms with Crippen LogP contribution in [0, 0.1) is 6.92 Å². The summed E-state index contributed by atoms with van der Waals surface area (Å²) in [5.41, 5.74) is 0. The number of rotatable bonds is 4. The molecule has 0 aliphatic carbocycles. The van der Waals surface area contributed by atoms with E-state index in [0.717, 1.165) is 0 Å². The molecular weight excluding hydrogens is 263 g/mol. The minimum Gasteiger partial charge on any atom is -0.323 e. The Hall–Kier alpha value is -0.240. The van der Waals surface area contributed by atoms with Gasteiger partial charge in [0.25, 0.3) is 10.1 Å². The van der Waals surface area contributed by atoms with Crippen molar-refractivity contribution in [3.05, 3.63) is 16.3 Å². The van der Waals surface area contributed by atoms with E-state index in [1.165, 1.54) is 17.4 Å². The fraction of sp³-hybridized carbons (Fsp3) is 0.333. The van der Waals surface area contributed by atoms with E-state index in [0.29, 0.717) is 4.88 Å². The van der Waals surface area contributed by atoms with Crippen LogP contribution in [0.5, 0.6) is 0 Å². The van der Waals surface area contributed by atoms with Gasteiger partial charge in [-0.25, -0.2) is 0 Å². The van der Waals surface area contributed by atoms with E-state index in [1.54, 1.807) is 12.3 Å². The van der Waals surface area contributed by atoms with Gasteiger partial charge in [-0.3, -0.25) is 8.75 Å². The highest BCUT2D eigenvalue weighted by Gasteiger charge is 2.23. The van der Waals surface area contributed by atoms with Crippen molar-refractivity contribution < 1.29 is 27.0 Å². The maximum atomic E-state index is 11.4. The average molecular weight is 272 g/mol. The molecule has 0 atom stereocenters. The maximum absolute atomic E-state index is 11.4. The standard InChI is InChI=1S/C6H9O6PS2/c1-5-6(2-3-14-5)15(10,11)12-4-13(7,8)9/h2-3H,4H2,1H3,(H2,7,8,9). The molecule has 0 saturated carbocycles. The lowest BCUT2D eigenvalue weighted by Crippen LogP contribution is -2.07. The van der Waals surface area contributed by atoms with Crippen molar-refractivity contribution in [2.24, 2.45) is 0 Å². The first-order valence-electron chi connectivity index (χ1n) is 3.70. The van der Waals surface area contributed by atoms with Crippen LogP contribution in [0.25, 0.3) is 0 Å². The van der Waals surface area contributed by atoms with Gasteiger partial charge in [0.1, 0.15) is 4.90 Å². The zero-order valence-electron chi connectivity index (χ0n) is 7.65. The van der Waals surface area contributed by atoms with Gasteiger partial charge in [-0.05, 0) is 18.4 Å². The van der Waals surface area contributed by atoms with Crippen molar-refractivity contribution in [2.75, 3.05) is 6.35 Å². The molecule has 0 aliphatic heterocycles. The minimum atomic E-state index is -4.48. The molecular formula is C6H9O6PS2. The molecule has 6 nitrogen and oxygen atoms in total. The first-order chi connectivity index (χ1) is 6.72. The Morgan fingerprint density at radius 3 is 2.53 bits per heavy atom.